The third-order valence-corrected chi connectivity index (χ3v) is 7.06. The maximum atomic E-state index is 13.6. The summed E-state index contributed by atoms with van der Waals surface area (Å²) in [4.78, 5) is 28.8. The van der Waals surface area contributed by atoms with E-state index in [4.69, 9.17) is 9.47 Å². The van der Waals surface area contributed by atoms with Gasteiger partial charge in [0.05, 0.1) is 13.2 Å². The van der Waals surface area contributed by atoms with Gasteiger partial charge in [0.25, 0.3) is 0 Å². The van der Waals surface area contributed by atoms with Crippen LogP contribution in [0.15, 0.2) is 48.5 Å². The fraction of sp³-hybridized carbons (Fsp3) is 0.548. The molecular formula is C31H44N2O4. The maximum Gasteiger partial charge on any atom is 0.243 e. The molecule has 2 aromatic carbocycles. The van der Waals surface area contributed by atoms with E-state index in [2.05, 4.69) is 17.4 Å². The Bertz CT molecular complexity index is 972. The highest BCUT2D eigenvalue weighted by Gasteiger charge is 2.29. The maximum absolute atomic E-state index is 13.6. The predicted molar refractivity (Wildman–Crippen MR) is 148 cm³/mol. The average Bonchev–Trinajstić information content (AvgIpc) is 2.92. The molecule has 1 atom stereocenters. The third kappa shape index (κ3) is 8.80. The minimum Gasteiger partial charge on any atom is -0.490 e. The zero-order valence-corrected chi connectivity index (χ0v) is 22.8. The van der Waals surface area contributed by atoms with Crippen LogP contribution in [0, 0.1) is 0 Å². The lowest BCUT2D eigenvalue weighted by atomic mass is 9.95. The van der Waals surface area contributed by atoms with Crippen molar-refractivity contribution >= 4 is 11.8 Å². The number of ether oxygens (including phenoxy) is 2. The first-order valence-corrected chi connectivity index (χ1v) is 14.1. The van der Waals surface area contributed by atoms with Crippen LogP contribution in [0.5, 0.6) is 11.5 Å². The highest BCUT2D eigenvalue weighted by Crippen LogP contribution is 2.29. The number of rotatable bonds is 14. The molecule has 1 saturated carbocycles. The van der Waals surface area contributed by atoms with Crippen LogP contribution < -0.4 is 14.8 Å². The number of hydrogen-bond donors (Lipinski definition) is 1. The van der Waals surface area contributed by atoms with Gasteiger partial charge < -0.3 is 19.7 Å². The molecule has 2 aromatic rings. The van der Waals surface area contributed by atoms with Crippen molar-refractivity contribution in [2.75, 3.05) is 19.8 Å². The minimum absolute atomic E-state index is 0.00780. The van der Waals surface area contributed by atoms with Crippen molar-refractivity contribution in [3.05, 3.63) is 59.7 Å². The lowest BCUT2D eigenvalue weighted by molar-refractivity contribution is -0.141. The van der Waals surface area contributed by atoms with Crippen molar-refractivity contribution in [2.45, 2.75) is 90.6 Å². The second-order valence-corrected chi connectivity index (χ2v) is 9.74. The lowest BCUT2D eigenvalue weighted by Gasteiger charge is -2.33. The van der Waals surface area contributed by atoms with Crippen molar-refractivity contribution in [1.82, 2.24) is 10.2 Å². The number of hydrogen-bond acceptors (Lipinski definition) is 4. The summed E-state index contributed by atoms with van der Waals surface area (Å²) in [7, 11) is 0. The van der Waals surface area contributed by atoms with Gasteiger partial charge >= 0.3 is 0 Å². The molecule has 0 radical (unpaired) electrons. The largest absolute Gasteiger partial charge is 0.490 e. The van der Waals surface area contributed by atoms with E-state index in [1.54, 1.807) is 0 Å². The Morgan fingerprint density at radius 3 is 2.27 bits per heavy atom. The van der Waals surface area contributed by atoms with E-state index in [1.165, 1.54) is 6.42 Å². The predicted octanol–water partition coefficient (Wildman–Crippen LogP) is 5.72. The van der Waals surface area contributed by atoms with Crippen LogP contribution in [0.2, 0.25) is 0 Å². The van der Waals surface area contributed by atoms with Crippen LogP contribution in [0.1, 0.15) is 76.8 Å². The van der Waals surface area contributed by atoms with Crippen LogP contribution in [0.4, 0.5) is 0 Å². The van der Waals surface area contributed by atoms with Crippen molar-refractivity contribution in [2.24, 2.45) is 0 Å². The monoisotopic (exact) mass is 508 g/mol. The van der Waals surface area contributed by atoms with Crippen LogP contribution >= 0.6 is 0 Å². The second-order valence-electron chi connectivity index (χ2n) is 9.74. The first-order valence-electron chi connectivity index (χ1n) is 14.1. The van der Waals surface area contributed by atoms with E-state index in [9.17, 15) is 9.59 Å². The fourth-order valence-corrected chi connectivity index (χ4v) is 5.09. The number of carbonyl (C=O) groups is 2. The van der Waals surface area contributed by atoms with Gasteiger partial charge in [-0.15, -0.1) is 0 Å². The highest BCUT2D eigenvalue weighted by molar-refractivity contribution is 5.88. The molecule has 6 heteroatoms. The standard InChI is InChI=1S/C31H44N2O4/c1-4-27(31(35)32-26-15-11-8-12-16-26)33(22-21-24-13-9-7-10-14-24)30(34)20-18-25-17-19-28(36-5-2)29(23-25)37-6-3/h7,9-10,13-14,17,19,23,26-27H,4-6,8,11-12,15-16,18,20-22H2,1-3H3,(H,32,35). The Morgan fingerprint density at radius 1 is 0.892 bits per heavy atom. The zero-order valence-electron chi connectivity index (χ0n) is 22.8. The van der Waals surface area contributed by atoms with Crippen molar-refractivity contribution in [3.8, 4) is 11.5 Å². The quantitative estimate of drug-likeness (QED) is 0.355. The van der Waals surface area contributed by atoms with Gasteiger partial charge in [0.2, 0.25) is 11.8 Å². The minimum atomic E-state index is -0.461. The second kappa shape index (κ2) is 15.3. The number of benzene rings is 2. The molecule has 202 valence electrons. The Balaban J connectivity index is 1.71. The molecule has 0 spiro atoms. The van der Waals surface area contributed by atoms with Crippen LogP contribution in [0.25, 0.3) is 0 Å². The third-order valence-electron chi connectivity index (χ3n) is 7.06. The Hall–Kier alpha value is -3.02. The summed E-state index contributed by atoms with van der Waals surface area (Å²) in [6, 6.07) is 15.8. The molecule has 0 saturated heterocycles. The van der Waals surface area contributed by atoms with Crippen LogP contribution in [-0.2, 0) is 22.4 Å². The molecule has 2 amide bonds. The SMILES string of the molecule is CCOc1ccc(CCC(=O)N(CCc2ccccc2)C(CC)C(=O)NC2CCCCC2)cc1OCC. The molecule has 37 heavy (non-hydrogen) atoms. The van der Waals surface area contributed by atoms with Gasteiger partial charge in [-0.3, -0.25) is 9.59 Å². The normalized spacial score (nSPS) is 14.6. The first-order chi connectivity index (χ1) is 18.0. The summed E-state index contributed by atoms with van der Waals surface area (Å²) in [5.41, 5.74) is 2.18. The molecule has 0 aliphatic heterocycles. The molecule has 0 bridgehead atoms. The number of carbonyl (C=O) groups excluding carboxylic acids is 2. The summed E-state index contributed by atoms with van der Waals surface area (Å²) in [5, 5.41) is 3.25. The number of aryl methyl sites for hydroxylation is 1. The van der Waals surface area contributed by atoms with Gasteiger partial charge in [-0.1, -0.05) is 62.6 Å². The average molecular weight is 509 g/mol. The summed E-state index contributed by atoms with van der Waals surface area (Å²) in [6.45, 7) is 7.52. The molecule has 0 aromatic heterocycles. The van der Waals surface area contributed by atoms with Gasteiger partial charge in [-0.05, 0) is 69.2 Å². The molecule has 3 rings (SSSR count). The fourth-order valence-electron chi connectivity index (χ4n) is 5.09. The number of amides is 2. The molecule has 1 unspecified atom stereocenters. The van der Waals surface area contributed by atoms with Crippen molar-refractivity contribution in [3.63, 3.8) is 0 Å². The molecule has 1 fully saturated rings. The van der Waals surface area contributed by atoms with E-state index in [1.807, 2.05) is 62.1 Å². The summed E-state index contributed by atoms with van der Waals surface area (Å²) in [5.74, 6) is 1.41. The van der Waals surface area contributed by atoms with Gasteiger partial charge in [-0.25, -0.2) is 0 Å². The molecule has 1 aliphatic carbocycles. The Labute approximate surface area is 222 Å². The summed E-state index contributed by atoms with van der Waals surface area (Å²) in [6.07, 6.45) is 7.83. The Kier molecular flexibility index (Phi) is 11.8. The topological polar surface area (TPSA) is 67.9 Å². The molecule has 1 aliphatic rings. The van der Waals surface area contributed by atoms with Crippen LogP contribution in [0.3, 0.4) is 0 Å². The van der Waals surface area contributed by atoms with E-state index < -0.39 is 6.04 Å². The number of nitrogens with zero attached hydrogens (tertiary/aromatic N) is 1. The van der Waals surface area contributed by atoms with E-state index in [0.29, 0.717) is 50.5 Å². The molecule has 0 heterocycles. The van der Waals surface area contributed by atoms with Gasteiger partial charge in [0.15, 0.2) is 11.5 Å². The Morgan fingerprint density at radius 2 is 1.59 bits per heavy atom. The van der Waals surface area contributed by atoms with E-state index >= 15 is 0 Å². The number of nitrogens with one attached hydrogen (secondary N) is 1. The summed E-state index contributed by atoms with van der Waals surface area (Å²) < 4.78 is 11.4. The van der Waals surface area contributed by atoms with Crippen molar-refractivity contribution in [1.29, 1.82) is 0 Å². The highest BCUT2D eigenvalue weighted by atomic mass is 16.5. The molecular weight excluding hydrogens is 464 g/mol. The summed E-state index contributed by atoms with van der Waals surface area (Å²) >= 11 is 0. The molecule has 6 nitrogen and oxygen atoms in total. The van der Waals surface area contributed by atoms with Crippen LogP contribution in [-0.4, -0.2) is 48.6 Å². The van der Waals surface area contributed by atoms with Gasteiger partial charge in [0.1, 0.15) is 6.04 Å². The smallest absolute Gasteiger partial charge is 0.243 e. The van der Waals surface area contributed by atoms with E-state index in [0.717, 1.165) is 43.2 Å². The van der Waals surface area contributed by atoms with Gasteiger partial charge in [0, 0.05) is 19.0 Å². The zero-order chi connectivity index (χ0) is 26.5. The molecule has 1 N–H and O–H groups in total. The lowest BCUT2D eigenvalue weighted by Crippen LogP contribution is -2.52. The van der Waals surface area contributed by atoms with Crippen molar-refractivity contribution < 1.29 is 19.1 Å². The van der Waals surface area contributed by atoms with Gasteiger partial charge in [-0.2, -0.15) is 0 Å². The van der Waals surface area contributed by atoms with E-state index in [-0.39, 0.29) is 17.9 Å². The first kappa shape index (κ1) is 28.5.